The highest BCUT2D eigenvalue weighted by atomic mass is 16.1. The van der Waals surface area contributed by atoms with Crippen molar-refractivity contribution >= 4 is 17.3 Å². The number of unbranched alkanes of at least 4 members (excludes halogenated alkanes) is 3. The molecule has 1 amide bonds. The predicted octanol–water partition coefficient (Wildman–Crippen LogP) is 8.33. The van der Waals surface area contributed by atoms with E-state index in [2.05, 4.69) is 148 Å². The van der Waals surface area contributed by atoms with Crippen molar-refractivity contribution in [3.05, 3.63) is 120 Å². The zero-order valence-corrected chi connectivity index (χ0v) is 27.7. The maximum absolute atomic E-state index is 12.0. The lowest BCUT2D eigenvalue weighted by atomic mass is 9.77. The van der Waals surface area contributed by atoms with Crippen molar-refractivity contribution < 1.29 is 4.79 Å². The van der Waals surface area contributed by atoms with Crippen molar-refractivity contribution in [2.24, 2.45) is 5.73 Å². The zero-order valence-electron chi connectivity index (χ0n) is 27.7. The monoisotopic (exact) mass is 594 g/mol. The van der Waals surface area contributed by atoms with Crippen molar-refractivity contribution in [2.45, 2.75) is 77.0 Å². The van der Waals surface area contributed by atoms with Gasteiger partial charge in [-0.3, -0.25) is 4.79 Å². The van der Waals surface area contributed by atoms with Crippen LogP contribution < -0.4 is 21.3 Å². The molecule has 1 heterocycles. The number of amides is 1. The molecule has 0 saturated heterocycles. The molecule has 44 heavy (non-hydrogen) atoms. The molecule has 0 aromatic heterocycles. The third-order valence-electron chi connectivity index (χ3n) is 8.69. The van der Waals surface area contributed by atoms with Crippen LogP contribution in [0, 0.1) is 0 Å². The Labute approximate surface area is 266 Å². The lowest BCUT2D eigenvalue weighted by molar-refractivity contribution is -0.121. The number of nitrogens with one attached hydrogen (secondary N) is 2. The molecular formula is C39H54N4O. The summed E-state index contributed by atoms with van der Waals surface area (Å²) in [7, 11) is 2.14. The van der Waals surface area contributed by atoms with E-state index in [-0.39, 0.29) is 16.7 Å². The Bertz CT molecular complexity index is 1360. The topological polar surface area (TPSA) is 70.4 Å². The highest BCUT2D eigenvalue weighted by molar-refractivity contribution is 5.75. The van der Waals surface area contributed by atoms with Gasteiger partial charge in [0.05, 0.1) is 0 Å². The average molecular weight is 595 g/mol. The smallest absolute Gasteiger partial charge is 0.219 e. The summed E-state index contributed by atoms with van der Waals surface area (Å²) in [5, 5.41) is 6.61. The molecule has 0 fully saturated rings. The minimum Gasteiger partial charge on any atom is -0.385 e. The van der Waals surface area contributed by atoms with E-state index in [1.807, 2.05) is 0 Å². The van der Waals surface area contributed by atoms with Crippen LogP contribution in [0.5, 0.6) is 0 Å². The van der Waals surface area contributed by atoms with E-state index in [1.54, 1.807) is 0 Å². The van der Waals surface area contributed by atoms with E-state index in [4.69, 9.17) is 5.73 Å². The van der Waals surface area contributed by atoms with E-state index in [9.17, 15) is 4.79 Å². The molecule has 0 aliphatic carbocycles. The van der Waals surface area contributed by atoms with Gasteiger partial charge in [0.25, 0.3) is 0 Å². The van der Waals surface area contributed by atoms with Crippen LogP contribution in [-0.2, 0) is 15.6 Å². The minimum absolute atomic E-state index is 0.0177. The Morgan fingerprint density at radius 3 is 2.36 bits per heavy atom. The summed E-state index contributed by atoms with van der Waals surface area (Å²) in [5.74, 6) is 0.143. The first-order chi connectivity index (χ1) is 21.1. The number of carbonyl (C=O) groups excluding carboxylic acids is 1. The number of hydrogen-bond donors (Lipinski definition) is 3. The molecule has 4 N–H and O–H groups in total. The van der Waals surface area contributed by atoms with Crippen LogP contribution >= 0.6 is 0 Å². The molecule has 0 radical (unpaired) electrons. The number of benzene rings is 2. The number of rotatable bonds is 17. The van der Waals surface area contributed by atoms with Crippen molar-refractivity contribution in [1.29, 1.82) is 0 Å². The first kappa shape index (κ1) is 34.7. The van der Waals surface area contributed by atoms with Crippen LogP contribution in [0.25, 0.3) is 0 Å². The van der Waals surface area contributed by atoms with Crippen LogP contribution in [0.4, 0.5) is 11.4 Å². The van der Waals surface area contributed by atoms with Gasteiger partial charge in [-0.15, -0.1) is 0 Å². The van der Waals surface area contributed by atoms with Crippen LogP contribution in [0.3, 0.4) is 0 Å². The number of fused-ring (bicyclic) bond motifs is 1. The predicted molar refractivity (Wildman–Crippen MR) is 190 cm³/mol. The first-order valence-corrected chi connectivity index (χ1v) is 16.2. The van der Waals surface area contributed by atoms with E-state index in [1.165, 1.54) is 22.5 Å². The summed E-state index contributed by atoms with van der Waals surface area (Å²) in [6.07, 6.45) is 20.1. The van der Waals surface area contributed by atoms with Gasteiger partial charge in [-0.1, -0.05) is 114 Å². The second-order valence-corrected chi connectivity index (χ2v) is 12.7. The SMILES string of the molecule is C=C(/C=C/C=C/C=C/C=C1/N(C)c2ccccc2C1(C)C)C(C)(C)c1ccccc1NCCCCCC(=O)NCCCCN. The van der Waals surface area contributed by atoms with Gasteiger partial charge in [0, 0.05) is 54.5 Å². The van der Waals surface area contributed by atoms with Gasteiger partial charge in [-0.05, 0) is 67.1 Å². The van der Waals surface area contributed by atoms with Gasteiger partial charge in [0.1, 0.15) is 0 Å². The fraction of sp³-hybridized carbons (Fsp3) is 0.410. The normalized spacial score (nSPS) is 15.5. The van der Waals surface area contributed by atoms with E-state index in [0.29, 0.717) is 13.0 Å². The Kier molecular flexibility index (Phi) is 13.3. The Hall–Kier alpha value is -3.83. The maximum Gasteiger partial charge on any atom is 0.219 e. The van der Waals surface area contributed by atoms with Crippen molar-refractivity contribution in [1.82, 2.24) is 5.32 Å². The molecule has 0 spiro atoms. The van der Waals surface area contributed by atoms with Crippen molar-refractivity contribution in [3.8, 4) is 0 Å². The van der Waals surface area contributed by atoms with Gasteiger partial charge >= 0.3 is 0 Å². The Morgan fingerprint density at radius 2 is 1.59 bits per heavy atom. The first-order valence-electron chi connectivity index (χ1n) is 16.2. The molecule has 1 aliphatic heterocycles. The second kappa shape index (κ2) is 16.9. The van der Waals surface area contributed by atoms with Gasteiger partial charge in [0.2, 0.25) is 5.91 Å². The molecule has 2 aromatic rings. The second-order valence-electron chi connectivity index (χ2n) is 12.7. The summed E-state index contributed by atoms with van der Waals surface area (Å²) in [6, 6.07) is 17.1. The maximum atomic E-state index is 12.0. The van der Waals surface area contributed by atoms with E-state index >= 15 is 0 Å². The van der Waals surface area contributed by atoms with E-state index < -0.39 is 0 Å². The highest BCUT2D eigenvalue weighted by Gasteiger charge is 2.37. The highest BCUT2D eigenvalue weighted by Crippen LogP contribution is 2.46. The molecule has 236 valence electrons. The van der Waals surface area contributed by atoms with Crippen LogP contribution in [-0.4, -0.2) is 32.6 Å². The van der Waals surface area contributed by atoms with Gasteiger partial charge in [-0.2, -0.15) is 0 Å². The number of para-hydroxylation sites is 2. The number of anilines is 2. The Balaban J connectivity index is 1.47. The molecule has 5 nitrogen and oxygen atoms in total. The standard InChI is InChI=1S/C39H54N4O/c1-31(21-11-8-7-9-12-26-36-39(4,5)33-23-15-17-25-35(33)43(36)6)38(2,3)32-22-14-16-24-34(32)41-29-19-10-13-27-37(44)42-30-20-18-28-40/h7-9,11-12,14-17,21-26,41H,1,10,13,18-20,27-30,40H2,2-6H3,(H,42,44)/b8-7+,12-9+,21-11+,36-26+. The fourth-order valence-corrected chi connectivity index (χ4v) is 5.77. The van der Waals surface area contributed by atoms with Crippen LogP contribution in [0.15, 0.2) is 109 Å². The van der Waals surface area contributed by atoms with Gasteiger partial charge in [0.15, 0.2) is 0 Å². The molecule has 0 atom stereocenters. The minimum atomic E-state index is -0.232. The Morgan fingerprint density at radius 1 is 0.909 bits per heavy atom. The summed E-state index contributed by atoms with van der Waals surface area (Å²) in [6.45, 7) is 15.7. The summed E-state index contributed by atoms with van der Waals surface area (Å²) < 4.78 is 0. The third kappa shape index (κ3) is 9.33. The summed E-state index contributed by atoms with van der Waals surface area (Å²) >= 11 is 0. The number of carbonyl (C=O) groups is 1. The van der Waals surface area contributed by atoms with Crippen LogP contribution in [0.1, 0.15) is 77.3 Å². The number of hydrogen-bond acceptors (Lipinski definition) is 4. The molecule has 0 unspecified atom stereocenters. The zero-order chi connectivity index (χ0) is 32.0. The van der Waals surface area contributed by atoms with Crippen molar-refractivity contribution in [3.63, 3.8) is 0 Å². The summed E-state index contributed by atoms with van der Waals surface area (Å²) in [5.41, 5.74) is 12.6. The molecule has 0 bridgehead atoms. The van der Waals surface area contributed by atoms with Crippen molar-refractivity contribution in [2.75, 3.05) is 36.9 Å². The average Bonchev–Trinajstić information content (AvgIpc) is 3.20. The number of nitrogens with two attached hydrogens (primary N) is 1. The largest absolute Gasteiger partial charge is 0.385 e. The molecule has 5 heteroatoms. The van der Waals surface area contributed by atoms with Gasteiger partial charge in [-0.25, -0.2) is 0 Å². The fourth-order valence-electron chi connectivity index (χ4n) is 5.77. The van der Waals surface area contributed by atoms with Crippen LogP contribution in [0.2, 0.25) is 0 Å². The molecule has 2 aromatic carbocycles. The molecular weight excluding hydrogens is 540 g/mol. The molecule has 1 aliphatic rings. The number of nitrogens with zero attached hydrogens (tertiary/aromatic N) is 1. The lowest BCUT2D eigenvalue weighted by Gasteiger charge is -2.29. The third-order valence-corrected chi connectivity index (χ3v) is 8.69. The van der Waals surface area contributed by atoms with E-state index in [0.717, 1.165) is 56.5 Å². The quantitative estimate of drug-likeness (QED) is 0.127. The number of allylic oxidation sites excluding steroid dienone is 9. The van der Waals surface area contributed by atoms with Gasteiger partial charge < -0.3 is 21.3 Å². The number of likely N-dealkylation sites (N-methyl/N-ethyl adjacent to an activating group) is 1. The molecule has 0 saturated carbocycles. The lowest BCUT2D eigenvalue weighted by Crippen LogP contribution is -2.24. The molecule has 3 rings (SSSR count). The summed E-state index contributed by atoms with van der Waals surface area (Å²) in [4.78, 5) is 14.2.